The van der Waals surface area contributed by atoms with Gasteiger partial charge in [-0.25, -0.2) is 0 Å². The van der Waals surface area contributed by atoms with Crippen molar-refractivity contribution in [3.8, 4) is 0 Å². The van der Waals surface area contributed by atoms with Gasteiger partial charge in [-0.3, -0.25) is 9.59 Å². The summed E-state index contributed by atoms with van der Waals surface area (Å²) < 4.78 is 5.77. The number of aryl methyl sites for hydroxylation is 1. The molecule has 2 fully saturated rings. The number of benzene rings is 3. The first-order valence-corrected chi connectivity index (χ1v) is 11.0. The lowest BCUT2D eigenvalue weighted by molar-refractivity contribution is -0.140. The van der Waals surface area contributed by atoms with Crippen LogP contribution in [0.25, 0.3) is 16.5 Å². The molecule has 2 aliphatic heterocycles. The number of carbonyl (C=O) groups excluding carboxylic acids is 2. The molecule has 0 spiro atoms. The highest BCUT2D eigenvalue weighted by atomic mass is 16.5. The van der Waals surface area contributed by atoms with Gasteiger partial charge in [0, 0.05) is 18.7 Å². The molecule has 32 heavy (non-hydrogen) atoms. The van der Waals surface area contributed by atoms with E-state index in [9.17, 15) is 14.7 Å². The molecule has 2 atom stereocenters. The highest BCUT2D eigenvalue weighted by molar-refractivity contribution is 6.46. The second-order valence-corrected chi connectivity index (χ2v) is 8.47. The Morgan fingerprint density at radius 1 is 1.03 bits per heavy atom. The van der Waals surface area contributed by atoms with E-state index in [1.54, 1.807) is 11.0 Å². The van der Waals surface area contributed by atoms with Crippen molar-refractivity contribution in [2.45, 2.75) is 31.9 Å². The Kier molecular flexibility index (Phi) is 5.27. The minimum Gasteiger partial charge on any atom is -0.507 e. The van der Waals surface area contributed by atoms with Crippen LogP contribution in [0.3, 0.4) is 0 Å². The molecule has 5 nitrogen and oxygen atoms in total. The van der Waals surface area contributed by atoms with Crippen molar-refractivity contribution in [2.24, 2.45) is 0 Å². The fraction of sp³-hybridized carbons (Fsp3) is 0.259. The van der Waals surface area contributed by atoms with Gasteiger partial charge < -0.3 is 14.7 Å². The number of ketones is 1. The topological polar surface area (TPSA) is 66.8 Å². The molecule has 1 N–H and O–H groups in total. The number of likely N-dealkylation sites (tertiary alicyclic amines) is 1. The summed E-state index contributed by atoms with van der Waals surface area (Å²) in [6, 6.07) is 20.3. The van der Waals surface area contributed by atoms with Crippen molar-refractivity contribution in [1.29, 1.82) is 0 Å². The van der Waals surface area contributed by atoms with Gasteiger partial charge in [0.15, 0.2) is 0 Å². The van der Waals surface area contributed by atoms with E-state index in [2.05, 4.69) is 0 Å². The number of hydrogen-bond acceptors (Lipinski definition) is 4. The monoisotopic (exact) mass is 427 g/mol. The minimum atomic E-state index is -0.653. The van der Waals surface area contributed by atoms with Crippen molar-refractivity contribution >= 4 is 28.2 Å². The van der Waals surface area contributed by atoms with Crippen molar-refractivity contribution in [1.82, 2.24) is 4.90 Å². The summed E-state index contributed by atoms with van der Waals surface area (Å²) >= 11 is 0. The van der Waals surface area contributed by atoms with E-state index in [4.69, 9.17) is 4.74 Å². The van der Waals surface area contributed by atoms with E-state index in [1.165, 1.54) is 0 Å². The third-order valence-corrected chi connectivity index (χ3v) is 6.49. The molecule has 5 heteroatoms. The van der Waals surface area contributed by atoms with Crippen molar-refractivity contribution < 1.29 is 19.4 Å². The van der Waals surface area contributed by atoms with Gasteiger partial charge in [-0.05, 0) is 41.7 Å². The first-order chi connectivity index (χ1) is 15.6. The normalized spacial score (nSPS) is 22.7. The van der Waals surface area contributed by atoms with E-state index in [-0.39, 0.29) is 17.4 Å². The number of aliphatic hydroxyl groups excluding tert-OH is 1. The van der Waals surface area contributed by atoms with Crippen molar-refractivity contribution in [2.75, 3.05) is 13.2 Å². The average molecular weight is 428 g/mol. The molecule has 2 saturated heterocycles. The van der Waals surface area contributed by atoms with Crippen LogP contribution in [-0.4, -0.2) is 41.0 Å². The predicted octanol–water partition coefficient (Wildman–Crippen LogP) is 4.75. The van der Waals surface area contributed by atoms with Crippen LogP contribution < -0.4 is 0 Å². The molecular formula is C27H25NO4. The van der Waals surface area contributed by atoms with Gasteiger partial charge in [-0.15, -0.1) is 0 Å². The second-order valence-electron chi connectivity index (χ2n) is 8.47. The number of nitrogens with zero attached hydrogens (tertiary/aromatic N) is 1. The molecule has 1 amide bonds. The number of carbonyl (C=O) groups is 2. The second kappa shape index (κ2) is 8.24. The molecule has 2 heterocycles. The van der Waals surface area contributed by atoms with E-state index in [1.807, 2.05) is 67.6 Å². The maximum atomic E-state index is 13.3. The third-order valence-electron chi connectivity index (χ3n) is 6.49. The number of aliphatic hydroxyl groups is 1. The fourth-order valence-electron chi connectivity index (χ4n) is 4.87. The summed E-state index contributed by atoms with van der Waals surface area (Å²) in [4.78, 5) is 28.0. The smallest absolute Gasteiger partial charge is 0.295 e. The average Bonchev–Trinajstić information content (AvgIpc) is 3.41. The van der Waals surface area contributed by atoms with Gasteiger partial charge in [-0.1, -0.05) is 66.7 Å². The van der Waals surface area contributed by atoms with Crippen LogP contribution in [0.5, 0.6) is 0 Å². The lowest BCUT2D eigenvalue weighted by Gasteiger charge is -2.28. The van der Waals surface area contributed by atoms with Crippen LogP contribution in [0, 0.1) is 6.92 Å². The first kappa shape index (κ1) is 20.5. The van der Waals surface area contributed by atoms with Gasteiger partial charge >= 0.3 is 0 Å². The highest BCUT2D eigenvalue weighted by Crippen LogP contribution is 2.42. The summed E-state index contributed by atoms with van der Waals surface area (Å²) in [7, 11) is 0. The zero-order valence-corrected chi connectivity index (χ0v) is 18.0. The molecule has 0 saturated carbocycles. The molecular weight excluding hydrogens is 402 g/mol. The molecule has 3 aromatic carbocycles. The van der Waals surface area contributed by atoms with Gasteiger partial charge in [0.05, 0.1) is 17.7 Å². The Labute approximate surface area is 186 Å². The van der Waals surface area contributed by atoms with E-state index >= 15 is 0 Å². The molecule has 162 valence electrons. The van der Waals surface area contributed by atoms with Crippen LogP contribution in [0.4, 0.5) is 0 Å². The van der Waals surface area contributed by atoms with E-state index < -0.39 is 17.7 Å². The molecule has 5 rings (SSSR count). The third kappa shape index (κ3) is 3.39. The van der Waals surface area contributed by atoms with Crippen molar-refractivity contribution in [3.05, 3.63) is 89.0 Å². The highest BCUT2D eigenvalue weighted by Gasteiger charge is 2.47. The lowest BCUT2D eigenvalue weighted by atomic mass is 9.91. The Bertz CT molecular complexity index is 1230. The van der Waals surface area contributed by atoms with Gasteiger partial charge in [0.1, 0.15) is 5.76 Å². The minimum absolute atomic E-state index is 0.0997. The maximum absolute atomic E-state index is 13.3. The van der Waals surface area contributed by atoms with Crippen LogP contribution in [0.15, 0.2) is 72.3 Å². The Morgan fingerprint density at radius 2 is 1.78 bits per heavy atom. The predicted molar refractivity (Wildman–Crippen MR) is 123 cm³/mol. The lowest BCUT2D eigenvalue weighted by Crippen LogP contribution is -2.36. The van der Waals surface area contributed by atoms with Crippen LogP contribution in [0.1, 0.15) is 35.6 Å². The largest absolute Gasteiger partial charge is 0.507 e. The SMILES string of the molecule is Cc1ccccc1C1/C(=C(\O)c2cccc3ccccc23)C(=O)C(=O)N1CC1CCCO1. The van der Waals surface area contributed by atoms with Crippen LogP contribution in [0.2, 0.25) is 0 Å². The first-order valence-electron chi connectivity index (χ1n) is 11.0. The quantitative estimate of drug-likeness (QED) is 0.371. The van der Waals surface area contributed by atoms with E-state index in [0.717, 1.165) is 34.7 Å². The number of amides is 1. The number of rotatable bonds is 4. The zero-order chi connectivity index (χ0) is 22.2. The molecule has 0 aromatic heterocycles. The van der Waals surface area contributed by atoms with Crippen LogP contribution in [-0.2, 0) is 14.3 Å². The fourth-order valence-corrected chi connectivity index (χ4v) is 4.87. The summed E-state index contributed by atoms with van der Waals surface area (Å²) in [5.41, 5.74) is 2.49. The molecule has 3 aromatic rings. The van der Waals surface area contributed by atoms with Gasteiger partial charge in [-0.2, -0.15) is 0 Å². The summed E-state index contributed by atoms with van der Waals surface area (Å²) in [5, 5.41) is 13.2. The molecule has 2 aliphatic rings. The van der Waals surface area contributed by atoms with Gasteiger partial charge in [0.2, 0.25) is 0 Å². The van der Waals surface area contributed by atoms with Crippen LogP contribution >= 0.6 is 0 Å². The van der Waals surface area contributed by atoms with Crippen molar-refractivity contribution in [3.63, 3.8) is 0 Å². The number of fused-ring (bicyclic) bond motifs is 1. The standard InChI is InChI=1S/C27H25NO4/c1-17-8-2-4-12-20(17)24-23(26(30)27(31)28(24)16-19-11-7-15-32-19)25(29)22-14-6-10-18-9-3-5-13-21(18)22/h2-6,8-10,12-14,19,24,29H,7,11,15-16H2,1H3/b25-23+. The number of ether oxygens (including phenoxy) is 1. The van der Waals surface area contributed by atoms with Gasteiger partial charge in [0.25, 0.3) is 11.7 Å². The molecule has 0 bridgehead atoms. The molecule has 0 radical (unpaired) electrons. The Morgan fingerprint density at radius 3 is 2.56 bits per heavy atom. The Hall–Kier alpha value is -3.44. The summed E-state index contributed by atoms with van der Waals surface area (Å²) in [5.74, 6) is -1.37. The maximum Gasteiger partial charge on any atom is 0.295 e. The van der Waals surface area contributed by atoms with E-state index in [0.29, 0.717) is 18.7 Å². The number of hydrogen-bond donors (Lipinski definition) is 1. The summed E-state index contributed by atoms with van der Waals surface area (Å²) in [6.45, 7) is 2.95. The molecule has 2 unspecified atom stereocenters. The Balaban J connectivity index is 1.70. The number of Topliss-reactive ketones (excluding diaryl/α,β-unsaturated/α-hetero) is 1. The zero-order valence-electron chi connectivity index (χ0n) is 18.0. The molecule has 0 aliphatic carbocycles. The summed E-state index contributed by atoms with van der Waals surface area (Å²) in [6.07, 6.45) is 1.70.